The Morgan fingerprint density at radius 1 is 1.29 bits per heavy atom. The maximum atomic E-state index is 13.1. The number of alkyl halides is 3. The molecule has 2 N–H and O–H groups in total. The highest BCUT2D eigenvalue weighted by atomic mass is 79.9. The molecule has 0 aliphatic carbocycles. The van der Waals surface area contributed by atoms with E-state index in [-0.39, 0.29) is 23.2 Å². The Hall–Kier alpha value is -1.41. The molecule has 21 heavy (non-hydrogen) atoms. The molecule has 0 bridgehead atoms. The van der Waals surface area contributed by atoms with Gasteiger partial charge in [-0.05, 0) is 24.1 Å². The van der Waals surface area contributed by atoms with Gasteiger partial charge in [0.15, 0.2) is 0 Å². The topological polar surface area (TPSA) is 64.9 Å². The highest BCUT2D eigenvalue weighted by Gasteiger charge is 2.35. The summed E-state index contributed by atoms with van der Waals surface area (Å²) in [6, 6.07) is 3.25. The molecule has 0 saturated carbocycles. The van der Waals surface area contributed by atoms with Gasteiger partial charge in [-0.15, -0.1) is 0 Å². The minimum Gasteiger partial charge on any atom is -0.337 e. The van der Waals surface area contributed by atoms with Crippen LogP contribution in [0, 0.1) is 5.92 Å². The van der Waals surface area contributed by atoms with E-state index in [1.165, 1.54) is 12.1 Å². The molecule has 1 atom stereocenters. The standard InChI is InChI=1S/C13H13BrF3N3O/c1-6(2)10(18)12-19-11(20-21-12)8-4-3-7(14)5-9(8)13(15,16)17/h3-6,10H,18H2,1-2H3/t10-/m1/s1. The molecule has 0 radical (unpaired) electrons. The van der Waals surface area contributed by atoms with E-state index in [9.17, 15) is 13.2 Å². The first-order chi connectivity index (χ1) is 9.70. The average Bonchev–Trinajstić information content (AvgIpc) is 2.86. The van der Waals surface area contributed by atoms with Crippen molar-refractivity contribution in [1.82, 2.24) is 10.1 Å². The van der Waals surface area contributed by atoms with Gasteiger partial charge in [-0.25, -0.2) is 0 Å². The molecule has 1 aromatic heterocycles. The number of hydrogen-bond acceptors (Lipinski definition) is 4. The molecule has 4 nitrogen and oxygen atoms in total. The Morgan fingerprint density at radius 2 is 1.95 bits per heavy atom. The lowest BCUT2D eigenvalue weighted by atomic mass is 10.1. The van der Waals surface area contributed by atoms with E-state index in [0.717, 1.165) is 6.07 Å². The number of halogens is 4. The van der Waals surface area contributed by atoms with Gasteiger partial charge in [0, 0.05) is 10.0 Å². The maximum absolute atomic E-state index is 13.1. The summed E-state index contributed by atoms with van der Waals surface area (Å²) in [5, 5.41) is 3.61. The molecular weight excluding hydrogens is 351 g/mol. The number of aromatic nitrogens is 2. The molecule has 0 saturated heterocycles. The minimum absolute atomic E-state index is 0.0327. The van der Waals surface area contributed by atoms with Gasteiger partial charge >= 0.3 is 6.18 Å². The molecule has 2 aromatic rings. The molecule has 0 unspecified atom stereocenters. The van der Waals surface area contributed by atoms with E-state index in [4.69, 9.17) is 10.3 Å². The minimum atomic E-state index is -4.51. The van der Waals surface area contributed by atoms with Gasteiger partial charge in [-0.1, -0.05) is 34.9 Å². The molecule has 0 fully saturated rings. The predicted octanol–water partition coefficient (Wildman–Crippen LogP) is 4.17. The summed E-state index contributed by atoms with van der Waals surface area (Å²) in [7, 11) is 0. The number of rotatable bonds is 3. The third kappa shape index (κ3) is 3.44. The van der Waals surface area contributed by atoms with Crippen molar-refractivity contribution < 1.29 is 17.7 Å². The average molecular weight is 364 g/mol. The molecule has 114 valence electrons. The van der Waals surface area contributed by atoms with E-state index in [1.807, 2.05) is 13.8 Å². The lowest BCUT2D eigenvalue weighted by Crippen LogP contribution is -2.17. The van der Waals surface area contributed by atoms with Gasteiger partial charge in [-0.2, -0.15) is 18.2 Å². The van der Waals surface area contributed by atoms with Gasteiger partial charge in [0.25, 0.3) is 0 Å². The molecule has 1 heterocycles. The van der Waals surface area contributed by atoms with Crippen LogP contribution in [-0.4, -0.2) is 10.1 Å². The van der Waals surface area contributed by atoms with Gasteiger partial charge in [0.05, 0.1) is 11.6 Å². The first-order valence-electron chi connectivity index (χ1n) is 6.16. The third-order valence-electron chi connectivity index (χ3n) is 2.97. The summed E-state index contributed by atoms with van der Waals surface area (Å²) >= 11 is 3.02. The van der Waals surface area contributed by atoms with Crippen LogP contribution in [-0.2, 0) is 6.18 Å². The Labute approximate surface area is 127 Å². The van der Waals surface area contributed by atoms with Crippen LogP contribution in [0.25, 0.3) is 11.4 Å². The van der Waals surface area contributed by atoms with E-state index < -0.39 is 17.8 Å². The van der Waals surface area contributed by atoms with Crippen molar-refractivity contribution >= 4 is 15.9 Å². The van der Waals surface area contributed by atoms with Crippen LogP contribution in [0.4, 0.5) is 13.2 Å². The van der Waals surface area contributed by atoms with Crippen LogP contribution in [0.15, 0.2) is 27.2 Å². The van der Waals surface area contributed by atoms with Crippen molar-refractivity contribution in [2.45, 2.75) is 26.1 Å². The summed E-state index contributed by atoms with van der Waals surface area (Å²) in [4.78, 5) is 3.99. The maximum Gasteiger partial charge on any atom is 0.417 e. The van der Waals surface area contributed by atoms with Crippen molar-refractivity contribution in [3.63, 3.8) is 0 Å². The first-order valence-corrected chi connectivity index (χ1v) is 6.95. The highest BCUT2D eigenvalue weighted by molar-refractivity contribution is 9.10. The van der Waals surface area contributed by atoms with Gasteiger partial charge in [0.2, 0.25) is 11.7 Å². The molecular formula is C13H13BrF3N3O. The second-order valence-electron chi connectivity index (χ2n) is 4.91. The van der Waals surface area contributed by atoms with Crippen LogP contribution in [0.3, 0.4) is 0 Å². The summed E-state index contributed by atoms with van der Waals surface area (Å²) in [6.45, 7) is 3.71. The summed E-state index contributed by atoms with van der Waals surface area (Å²) < 4.78 is 44.5. The van der Waals surface area contributed by atoms with E-state index >= 15 is 0 Å². The van der Waals surface area contributed by atoms with E-state index in [1.54, 1.807) is 0 Å². The van der Waals surface area contributed by atoms with Gasteiger partial charge < -0.3 is 10.3 Å². The predicted molar refractivity (Wildman–Crippen MR) is 74.2 cm³/mol. The molecule has 1 aromatic carbocycles. The number of benzene rings is 1. The van der Waals surface area contributed by atoms with Gasteiger partial charge in [-0.3, -0.25) is 0 Å². The quantitative estimate of drug-likeness (QED) is 0.888. The Bertz CT molecular complexity index is 640. The molecule has 0 amide bonds. The van der Waals surface area contributed by atoms with E-state index in [0.29, 0.717) is 4.47 Å². The second kappa shape index (κ2) is 5.76. The fraction of sp³-hybridized carbons (Fsp3) is 0.385. The third-order valence-corrected chi connectivity index (χ3v) is 3.47. The zero-order valence-electron chi connectivity index (χ0n) is 11.3. The number of hydrogen-bond donors (Lipinski definition) is 1. The van der Waals surface area contributed by atoms with E-state index in [2.05, 4.69) is 26.1 Å². The largest absolute Gasteiger partial charge is 0.417 e. The molecule has 0 spiro atoms. The monoisotopic (exact) mass is 363 g/mol. The van der Waals surface area contributed by atoms with Crippen LogP contribution in [0.5, 0.6) is 0 Å². The normalized spacial score (nSPS) is 13.7. The summed E-state index contributed by atoms with van der Waals surface area (Å²) in [6.07, 6.45) is -4.51. The Morgan fingerprint density at radius 3 is 2.52 bits per heavy atom. The van der Waals surface area contributed by atoms with Crippen molar-refractivity contribution in [1.29, 1.82) is 0 Å². The lowest BCUT2D eigenvalue weighted by Gasteiger charge is -2.11. The van der Waals surface area contributed by atoms with Crippen LogP contribution >= 0.6 is 15.9 Å². The molecule has 2 rings (SSSR count). The number of nitrogens with zero attached hydrogens (tertiary/aromatic N) is 2. The molecule has 0 aliphatic rings. The van der Waals surface area contributed by atoms with Crippen LogP contribution in [0.2, 0.25) is 0 Å². The number of nitrogens with two attached hydrogens (primary N) is 1. The molecule has 0 aliphatic heterocycles. The fourth-order valence-corrected chi connectivity index (χ4v) is 2.07. The second-order valence-corrected chi connectivity index (χ2v) is 5.83. The summed E-state index contributed by atoms with van der Waals surface area (Å²) in [5.74, 6) is 0.0299. The van der Waals surface area contributed by atoms with Crippen molar-refractivity contribution in [2.24, 2.45) is 11.7 Å². The Balaban J connectivity index is 2.48. The Kier molecular flexibility index (Phi) is 4.38. The SMILES string of the molecule is CC(C)[C@@H](N)c1nc(-c2ccc(Br)cc2C(F)(F)F)no1. The smallest absolute Gasteiger partial charge is 0.337 e. The van der Waals surface area contributed by atoms with Crippen LogP contribution in [0.1, 0.15) is 31.3 Å². The van der Waals surface area contributed by atoms with Crippen molar-refractivity contribution in [2.75, 3.05) is 0 Å². The summed E-state index contributed by atoms with van der Waals surface area (Å²) in [5.41, 5.74) is 4.88. The van der Waals surface area contributed by atoms with Crippen molar-refractivity contribution in [3.05, 3.63) is 34.1 Å². The highest BCUT2D eigenvalue weighted by Crippen LogP contribution is 2.38. The van der Waals surface area contributed by atoms with Crippen LogP contribution < -0.4 is 5.73 Å². The van der Waals surface area contributed by atoms with Gasteiger partial charge in [0.1, 0.15) is 0 Å². The molecule has 8 heteroatoms. The zero-order valence-corrected chi connectivity index (χ0v) is 12.9. The van der Waals surface area contributed by atoms with Crippen molar-refractivity contribution in [3.8, 4) is 11.4 Å². The fourth-order valence-electron chi connectivity index (χ4n) is 1.71. The lowest BCUT2D eigenvalue weighted by molar-refractivity contribution is -0.137. The first kappa shape index (κ1) is 16.0. The zero-order chi connectivity index (χ0) is 15.8.